The first kappa shape index (κ1) is 15.1. The molecule has 2 unspecified atom stereocenters. The molecule has 0 spiro atoms. The highest BCUT2D eigenvalue weighted by Gasteiger charge is 2.43. The van der Waals surface area contributed by atoms with E-state index in [2.05, 4.69) is 6.58 Å². The summed E-state index contributed by atoms with van der Waals surface area (Å²) in [6.07, 6.45) is 0.0817. The number of carbonyl (C=O) groups is 1. The van der Waals surface area contributed by atoms with Crippen molar-refractivity contribution in [1.82, 2.24) is 4.90 Å². The van der Waals surface area contributed by atoms with Crippen molar-refractivity contribution in [3.05, 3.63) is 12.7 Å². The van der Waals surface area contributed by atoms with Gasteiger partial charge in [0.25, 0.3) is 0 Å². The minimum atomic E-state index is -1.49. The van der Waals surface area contributed by atoms with E-state index in [9.17, 15) is 15.0 Å². The van der Waals surface area contributed by atoms with Crippen molar-refractivity contribution >= 4 is 5.97 Å². The van der Waals surface area contributed by atoms with Crippen molar-refractivity contribution in [3.8, 4) is 0 Å². The minimum absolute atomic E-state index is 0.00306. The Hall–Kier alpha value is -0.950. The molecule has 2 atom stereocenters. The van der Waals surface area contributed by atoms with Crippen molar-refractivity contribution in [2.24, 2.45) is 0 Å². The first-order chi connectivity index (χ1) is 8.20. The number of aliphatic carboxylic acids is 1. The molecule has 0 saturated carbocycles. The molecule has 1 heterocycles. The molecular formula is C12H21NO5. The van der Waals surface area contributed by atoms with Crippen LogP contribution in [-0.4, -0.2) is 58.4 Å². The van der Waals surface area contributed by atoms with E-state index in [1.54, 1.807) is 0 Å². The smallest absolute Gasteiger partial charge is 0.341 e. The third kappa shape index (κ3) is 3.52. The maximum Gasteiger partial charge on any atom is 0.341 e. The largest absolute Gasteiger partial charge is 0.479 e. The van der Waals surface area contributed by atoms with E-state index in [1.807, 2.05) is 20.8 Å². The van der Waals surface area contributed by atoms with Gasteiger partial charge >= 0.3 is 5.97 Å². The average Bonchev–Trinajstić information content (AvgIpc) is 2.26. The Labute approximate surface area is 107 Å². The number of ether oxygens (including phenoxy) is 2. The molecule has 1 fully saturated rings. The van der Waals surface area contributed by atoms with Crippen molar-refractivity contribution < 1.29 is 24.5 Å². The number of carboxylic acid groups (broad SMARTS) is 1. The molecule has 0 aromatic carbocycles. The fourth-order valence-electron chi connectivity index (χ4n) is 1.69. The number of hydrogen-bond acceptors (Lipinski definition) is 5. The molecule has 1 saturated heterocycles. The van der Waals surface area contributed by atoms with Crippen molar-refractivity contribution in [2.45, 2.75) is 38.4 Å². The molecule has 0 radical (unpaired) electrons. The molecule has 18 heavy (non-hydrogen) atoms. The summed E-state index contributed by atoms with van der Waals surface area (Å²) < 4.78 is 10.7. The van der Waals surface area contributed by atoms with Gasteiger partial charge in [-0.15, -0.1) is 0 Å². The molecular weight excluding hydrogens is 238 g/mol. The zero-order valence-corrected chi connectivity index (χ0v) is 11.0. The van der Waals surface area contributed by atoms with Crippen molar-refractivity contribution in [1.29, 1.82) is 0 Å². The number of carboxylic acids is 1. The van der Waals surface area contributed by atoms with Crippen LogP contribution < -0.4 is 0 Å². The first-order valence-corrected chi connectivity index (χ1v) is 5.81. The molecule has 1 aliphatic heterocycles. The monoisotopic (exact) mass is 259 g/mol. The second-order valence-corrected chi connectivity index (χ2v) is 5.27. The zero-order valence-electron chi connectivity index (χ0n) is 11.0. The van der Waals surface area contributed by atoms with Crippen LogP contribution in [0.1, 0.15) is 20.8 Å². The highest BCUT2D eigenvalue weighted by atomic mass is 16.6. The Balaban J connectivity index is 2.74. The summed E-state index contributed by atoms with van der Waals surface area (Å²) in [6, 6.07) is 0. The summed E-state index contributed by atoms with van der Waals surface area (Å²) in [5, 5.41) is 19.1. The SMILES string of the molecule is C=CC1(C(=O)O)CN(C(O)OC(C)(C)C)CCO1. The normalized spacial score (nSPS) is 27.8. The Bertz CT molecular complexity index is 325. The number of nitrogens with zero attached hydrogens (tertiary/aromatic N) is 1. The summed E-state index contributed by atoms with van der Waals surface area (Å²) in [4.78, 5) is 12.7. The molecule has 0 aliphatic carbocycles. The molecule has 0 aromatic heterocycles. The zero-order chi connectivity index (χ0) is 14.0. The van der Waals surface area contributed by atoms with Gasteiger partial charge in [0, 0.05) is 13.1 Å². The molecule has 6 nitrogen and oxygen atoms in total. The van der Waals surface area contributed by atoms with Gasteiger partial charge in [0.1, 0.15) is 0 Å². The number of hydrogen-bond donors (Lipinski definition) is 2. The number of morpholine rings is 1. The first-order valence-electron chi connectivity index (χ1n) is 5.81. The van der Waals surface area contributed by atoms with E-state index in [1.165, 1.54) is 11.0 Å². The molecule has 1 rings (SSSR count). The van der Waals surface area contributed by atoms with Gasteiger partial charge in [-0.2, -0.15) is 0 Å². The fourth-order valence-corrected chi connectivity index (χ4v) is 1.69. The van der Waals surface area contributed by atoms with Gasteiger partial charge in [0.15, 0.2) is 5.60 Å². The van der Waals surface area contributed by atoms with Crippen LogP contribution in [0.25, 0.3) is 0 Å². The lowest BCUT2D eigenvalue weighted by Gasteiger charge is -2.41. The van der Waals surface area contributed by atoms with Crippen LogP contribution in [0.4, 0.5) is 0 Å². The van der Waals surface area contributed by atoms with E-state index in [-0.39, 0.29) is 13.2 Å². The third-order valence-corrected chi connectivity index (χ3v) is 2.64. The Morgan fingerprint density at radius 1 is 1.61 bits per heavy atom. The van der Waals surface area contributed by atoms with Crippen LogP contribution in [0.3, 0.4) is 0 Å². The van der Waals surface area contributed by atoms with Crippen molar-refractivity contribution in [3.63, 3.8) is 0 Å². The van der Waals surface area contributed by atoms with Crippen LogP contribution in [0.5, 0.6) is 0 Å². The number of aliphatic hydroxyl groups excluding tert-OH is 1. The van der Waals surface area contributed by atoms with Gasteiger partial charge < -0.3 is 19.7 Å². The third-order valence-electron chi connectivity index (χ3n) is 2.64. The molecule has 2 N–H and O–H groups in total. The lowest BCUT2D eigenvalue weighted by molar-refractivity contribution is -0.261. The van der Waals surface area contributed by atoms with Gasteiger partial charge in [-0.3, -0.25) is 0 Å². The summed E-state index contributed by atoms with van der Waals surface area (Å²) in [7, 11) is 0. The fraction of sp³-hybridized carbons (Fsp3) is 0.750. The minimum Gasteiger partial charge on any atom is -0.479 e. The molecule has 0 aromatic rings. The molecule has 1 aliphatic rings. The Morgan fingerprint density at radius 3 is 2.67 bits per heavy atom. The predicted octanol–water partition coefficient (Wildman–Crippen LogP) is 0.419. The van der Waals surface area contributed by atoms with E-state index < -0.39 is 23.6 Å². The summed E-state index contributed by atoms with van der Waals surface area (Å²) in [5.74, 6) is -1.12. The van der Waals surface area contributed by atoms with Gasteiger partial charge in [-0.25, -0.2) is 9.69 Å². The van der Waals surface area contributed by atoms with Crippen LogP contribution in [0.2, 0.25) is 0 Å². The number of aliphatic hydroxyl groups is 1. The van der Waals surface area contributed by atoms with Gasteiger partial charge in [-0.05, 0) is 26.8 Å². The van der Waals surface area contributed by atoms with Crippen molar-refractivity contribution in [2.75, 3.05) is 19.7 Å². The van der Waals surface area contributed by atoms with Gasteiger partial charge in [0.2, 0.25) is 6.41 Å². The standard InChI is InChI=1S/C12H21NO5/c1-5-12(9(14)15)8-13(6-7-17-12)10(16)18-11(2,3)4/h5,10,16H,1,6-8H2,2-4H3,(H,14,15). The maximum absolute atomic E-state index is 11.2. The van der Waals surface area contributed by atoms with Gasteiger partial charge in [0.05, 0.1) is 12.2 Å². The molecule has 6 heteroatoms. The van der Waals surface area contributed by atoms with E-state index in [4.69, 9.17) is 9.47 Å². The predicted molar refractivity (Wildman–Crippen MR) is 64.9 cm³/mol. The maximum atomic E-state index is 11.2. The Kier molecular flexibility index (Phi) is 4.50. The highest BCUT2D eigenvalue weighted by Crippen LogP contribution is 2.22. The lowest BCUT2D eigenvalue weighted by Crippen LogP contribution is -2.58. The Morgan fingerprint density at radius 2 is 2.22 bits per heavy atom. The molecule has 0 bridgehead atoms. The summed E-state index contributed by atoms with van der Waals surface area (Å²) in [5.41, 5.74) is -2.00. The van der Waals surface area contributed by atoms with E-state index in [0.29, 0.717) is 6.54 Å². The van der Waals surface area contributed by atoms with E-state index >= 15 is 0 Å². The molecule has 104 valence electrons. The second-order valence-electron chi connectivity index (χ2n) is 5.27. The number of rotatable bonds is 4. The summed E-state index contributed by atoms with van der Waals surface area (Å²) in [6.45, 7) is 9.54. The summed E-state index contributed by atoms with van der Waals surface area (Å²) >= 11 is 0. The van der Waals surface area contributed by atoms with Crippen LogP contribution in [-0.2, 0) is 14.3 Å². The average molecular weight is 259 g/mol. The van der Waals surface area contributed by atoms with Crippen LogP contribution in [0.15, 0.2) is 12.7 Å². The van der Waals surface area contributed by atoms with E-state index in [0.717, 1.165) is 0 Å². The quantitative estimate of drug-likeness (QED) is 0.562. The van der Waals surface area contributed by atoms with Crippen LogP contribution in [0, 0.1) is 0 Å². The van der Waals surface area contributed by atoms with Crippen LogP contribution >= 0.6 is 0 Å². The second kappa shape index (κ2) is 5.36. The topological polar surface area (TPSA) is 79.2 Å². The lowest BCUT2D eigenvalue weighted by atomic mass is 10.0. The van der Waals surface area contributed by atoms with Gasteiger partial charge in [-0.1, -0.05) is 6.58 Å². The highest BCUT2D eigenvalue weighted by molar-refractivity contribution is 5.80. The molecule has 0 amide bonds.